The lowest BCUT2D eigenvalue weighted by atomic mass is 10.0. The Morgan fingerprint density at radius 2 is 2.31 bits per heavy atom. The van der Waals surface area contributed by atoms with Crippen LogP contribution < -0.4 is 5.32 Å². The quantitative estimate of drug-likeness (QED) is 0.703. The molecule has 0 aliphatic heterocycles. The van der Waals surface area contributed by atoms with E-state index in [0.717, 1.165) is 32.5 Å². The molecule has 4 heteroatoms. The number of aliphatic hydroxyl groups excluding tert-OH is 1. The first-order valence-corrected chi connectivity index (χ1v) is 6.14. The Morgan fingerprint density at radius 1 is 1.50 bits per heavy atom. The number of nitrogens with zero attached hydrogens (tertiary/aromatic N) is 2. The number of rotatable bonds is 8. The second-order valence-corrected chi connectivity index (χ2v) is 4.06. The number of aryl methyl sites for hydroxylation is 1. The summed E-state index contributed by atoms with van der Waals surface area (Å²) < 4.78 is 2.00. The molecule has 0 spiro atoms. The van der Waals surface area contributed by atoms with Gasteiger partial charge < -0.3 is 10.4 Å². The van der Waals surface area contributed by atoms with Gasteiger partial charge in [-0.2, -0.15) is 5.10 Å². The number of aromatic nitrogens is 2. The molecule has 0 saturated carbocycles. The Bertz CT molecular complexity index is 286. The van der Waals surface area contributed by atoms with Gasteiger partial charge in [0.1, 0.15) is 0 Å². The van der Waals surface area contributed by atoms with Crippen molar-refractivity contribution in [1.82, 2.24) is 15.1 Å². The van der Waals surface area contributed by atoms with Gasteiger partial charge in [-0.1, -0.05) is 13.3 Å². The minimum Gasteiger partial charge on any atom is -0.396 e. The molecule has 16 heavy (non-hydrogen) atoms. The molecule has 0 radical (unpaired) electrons. The second kappa shape index (κ2) is 7.41. The third kappa shape index (κ3) is 3.94. The van der Waals surface area contributed by atoms with Gasteiger partial charge in [-0.05, 0) is 31.9 Å². The van der Waals surface area contributed by atoms with Crippen LogP contribution in [0.3, 0.4) is 0 Å². The zero-order valence-electron chi connectivity index (χ0n) is 10.3. The van der Waals surface area contributed by atoms with E-state index in [4.69, 9.17) is 5.11 Å². The third-order valence-electron chi connectivity index (χ3n) is 2.96. The first kappa shape index (κ1) is 13.2. The van der Waals surface area contributed by atoms with E-state index in [2.05, 4.69) is 24.3 Å². The molecule has 2 N–H and O–H groups in total. The van der Waals surface area contributed by atoms with Gasteiger partial charge in [0.15, 0.2) is 0 Å². The van der Waals surface area contributed by atoms with Crippen LogP contribution in [-0.4, -0.2) is 28.0 Å². The van der Waals surface area contributed by atoms with Gasteiger partial charge in [-0.3, -0.25) is 4.68 Å². The highest BCUT2D eigenvalue weighted by atomic mass is 16.3. The molecule has 0 bridgehead atoms. The molecule has 0 aliphatic rings. The monoisotopic (exact) mass is 225 g/mol. The Morgan fingerprint density at radius 3 is 2.94 bits per heavy atom. The predicted octanol–water partition coefficient (Wildman–Crippen LogP) is 1.40. The number of nitrogens with one attached hydrogen (secondary N) is 1. The predicted molar refractivity (Wildman–Crippen MR) is 65.1 cm³/mol. The summed E-state index contributed by atoms with van der Waals surface area (Å²) in [5.74, 6) is 0.572. The van der Waals surface area contributed by atoms with Crippen molar-refractivity contribution >= 4 is 0 Å². The van der Waals surface area contributed by atoms with Gasteiger partial charge in [-0.25, -0.2) is 0 Å². The van der Waals surface area contributed by atoms with E-state index in [0.29, 0.717) is 5.92 Å². The summed E-state index contributed by atoms with van der Waals surface area (Å²) in [4.78, 5) is 0. The van der Waals surface area contributed by atoms with Crippen LogP contribution in [0.5, 0.6) is 0 Å². The average molecular weight is 225 g/mol. The smallest absolute Gasteiger partial charge is 0.0521 e. The largest absolute Gasteiger partial charge is 0.396 e. The SMILES string of the molecule is CCC(CCO)CNCc1ccnn1CC. The summed E-state index contributed by atoms with van der Waals surface area (Å²) in [6, 6.07) is 2.05. The van der Waals surface area contributed by atoms with Crippen LogP contribution in [0.1, 0.15) is 32.4 Å². The van der Waals surface area contributed by atoms with Crippen LogP contribution in [0.25, 0.3) is 0 Å². The van der Waals surface area contributed by atoms with Crippen molar-refractivity contribution in [3.8, 4) is 0 Å². The van der Waals surface area contributed by atoms with Crippen LogP contribution in [0.4, 0.5) is 0 Å². The van der Waals surface area contributed by atoms with E-state index in [-0.39, 0.29) is 6.61 Å². The fourth-order valence-electron chi connectivity index (χ4n) is 1.83. The van der Waals surface area contributed by atoms with Crippen molar-refractivity contribution in [3.63, 3.8) is 0 Å². The van der Waals surface area contributed by atoms with Crippen LogP contribution in [-0.2, 0) is 13.1 Å². The van der Waals surface area contributed by atoms with E-state index < -0.39 is 0 Å². The van der Waals surface area contributed by atoms with E-state index in [1.54, 1.807) is 0 Å². The fraction of sp³-hybridized carbons (Fsp3) is 0.750. The van der Waals surface area contributed by atoms with Crippen molar-refractivity contribution < 1.29 is 5.11 Å². The molecule has 92 valence electrons. The van der Waals surface area contributed by atoms with Crippen LogP contribution in [0.15, 0.2) is 12.3 Å². The minimum atomic E-state index is 0.285. The van der Waals surface area contributed by atoms with Gasteiger partial charge in [-0.15, -0.1) is 0 Å². The van der Waals surface area contributed by atoms with Crippen LogP contribution in [0, 0.1) is 5.92 Å². The van der Waals surface area contributed by atoms with Gasteiger partial charge in [0, 0.05) is 25.9 Å². The van der Waals surface area contributed by atoms with Gasteiger partial charge in [0.2, 0.25) is 0 Å². The maximum Gasteiger partial charge on any atom is 0.0521 e. The molecule has 0 amide bonds. The summed E-state index contributed by atoms with van der Waals surface area (Å²) in [6.45, 7) is 7.28. The summed E-state index contributed by atoms with van der Waals surface area (Å²) in [6.07, 6.45) is 3.84. The second-order valence-electron chi connectivity index (χ2n) is 4.06. The summed E-state index contributed by atoms with van der Waals surface area (Å²) in [7, 11) is 0. The van der Waals surface area contributed by atoms with Gasteiger partial charge in [0.25, 0.3) is 0 Å². The summed E-state index contributed by atoms with van der Waals surface area (Å²) >= 11 is 0. The maximum absolute atomic E-state index is 8.89. The first-order valence-electron chi connectivity index (χ1n) is 6.14. The molecular weight excluding hydrogens is 202 g/mol. The fourth-order valence-corrected chi connectivity index (χ4v) is 1.83. The van der Waals surface area contributed by atoms with Crippen molar-refractivity contribution in [2.45, 2.75) is 39.8 Å². The Labute approximate surface area is 97.7 Å². The third-order valence-corrected chi connectivity index (χ3v) is 2.96. The molecule has 1 aromatic rings. The number of hydrogen-bond acceptors (Lipinski definition) is 3. The van der Waals surface area contributed by atoms with Crippen LogP contribution in [0.2, 0.25) is 0 Å². The maximum atomic E-state index is 8.89. The summed E-state index contributed by atoms with van der Waals surface area (Å²) in [5, 5.41) is 16.5. The molecule has 1 heterocycles. The molecule has 1 atom stereocenters. The lowest BCUT2D eigenvalue weighted by Crippen LogP contribution is -2.24. The summed E-state index contributed by atoms with van der Waals surface area (Å²) in [5.41, 5.74) is 1.22. The molecule has 1 rings (SSSR count). The molecule has 0 aromatic carbocycles. The molecule has 4 nitrogen and oxygen atoms in total. The highest BCUT2D eigenvalue weighted by molar-refractivity contribution is 4.99. The highest BCUT2D eigenvalue weighted by Crippen LogP contribution is 2.06. The number of hydrogen-bond donors (Lipinski definition) is 2. The molecule has 0 fully saturated rings. The van der Waals surface area contributed by atoms with Crippen molar-refractivity contribution in [1.29, 1.82) is 0 Å². The normalized spacial score (nSPS) is 12.9. The van der Waals surface area contributed by atoms with Crippen molar-refractivity contribution in [3.05, 3.63) is 18.0 Å². The Balaban J connectivity index is 2.29. The van der Waals surface area contributed by atoms with E-state index >= 15 is 0 Å². The van der Waals surface area contributed by atoms with E-state index in [1.165, 1.54) is 5.69 Å². The Kier molecular flexibility index (Phi) is 6.11. The van der Waals surface area contributed by atoms with Crippen molar-refractivity contribution in [2.75, 3.05) is 13.2 Å². The lowest BCUT2D eigenvalue weighted by Gasteiger charge is -2.14. The lowest BCUT2D eigenvalue weighted by molar-refractivity contribution is 0.251. The van der Waals surface area contributed by atoms with E-state index in [9.17, 15) is 0 Å². The van der Waals surface area contributed by atoms with Gasteiger partial charge >= 0.3 is 0 Å². The standard InChI is InChI=1S/C12H23N3O/c1-3-11(6-8-16)9-13-10-12-5-7-14-15(12)4-2/h5,7,11,13,16H,3-4,6,8-10H2,1-2H3. The zero-order chi connectivity index (χ0) is 11.8. The topological polar surface area (TPSA) is 50.1 Å². The van der Waals surface area contributed by atoms with Crippen LogP contribution >= 0.6 is 0 Å². The Hall–Kier alpha value is -0.870. The zero-order valence-corrected chi connectivity index (χ0v) is 10.3. The van der Waals surface area contributed by atoms with Crippen molar-refractivity contribution in [2.24, 2.45) is 5.92 Å². The first-order chi connectivity index (χ1) is 7.81. The minimum absolute atomic E-state index is 0.285. The van der Waals surface area contributed by atoms with Gasteiger partial charge in [0.05, 0.1) is 5.69 Å². The number of aliphatic hydroxyl groups is 1. The molecule has 1 unspecified atom stereocenters. The van der Waals surface area contributed by atoms with E-state index in [1.807, 2.05) is 16.9 Å². The molecule has 0 aliphatic carbocycles. The molecular formula is C12H23N3O. The highest BCUT2D eigenvalue weighted by Gasteiger charge is 2.06. The molecule has 1 aromatic heterocycles. The molecule has 0 saturated heterocycles. The average Bonchev–Trinajstić information content (AvgIpc) is 2.75.